The van der Waals surface area contributed by atoms with Crippen LogP contribution < -0.4 is 0 Å². The summed E-state index contributed by atoms with van der Waals surface area (Å²) in [6, 6.07) is 15.9. The van der Waals surface area contributed by atoms with E-state index in [0.717, 1.165) is 16.0 Å². The van der Waals surface area contributed by atoms with Crippen LogP contribution in [-0.2, 0) is 16.0 Å². The first kappa shape index (κ1) is 19.6. The number of esters is 1. The maximum atomic E-state index is 12.9. The van der Waals surface area contributed by atoms with Gasteiger partial charge in [-0.25, -0.2) is 0 Å². The minimum atomic E-state index is -0.327. The van der Waals surface area contributed by atoms with Crippen LogP contribution in [0.5, 0.6) is 0 Å². The molecule has 0 N–H and O–H groups in total. The molecule has 1 heterocycles. The van der Waals surface area contributed by atoms with Gasteiger partial charge in [0.25, 0.3) is 0 Å². The Morgan fingerprint density at radius 2 is 1.74 bits per heavy atom. The van der Waals surface area contributed by atoms with E-state index in [1.807, 2.05) is 12.1 Å². The summed E-state index contributed by atoms with van der Waals surface area (Å²) in [7, 11) is 0. The maximum absolute atomic E-state index is 12.9. The average Bonchev–Trinajstić information content (AvgIpc) is 3.05. The molecule has 0 spiro atoms. The number of carbonyl (C=O) groups is 2. The van der Waals surface area contributed by atoms with Gasteiger partial charge in [0.2, 0.25) is 5.78 Å². The molecule has 0 saturated carbocycles. The summed E-state index contributed by atoms with van der Waals surface area (Å²) in [6.07, 6.45) is 0.102. The van der Waals surface area contributed by atoms with E-state index in [1.165, 1.54) is 11.3 Å². The third-order valence-corrected chi connectivity index (χ3v) is 5.58. The smallest absolute Gasteiger partial charge is 0.310 e. The molecule has 3 aromatic rings. The second kappa shape index (κ2) is 8.70. The van der Waals surface area contributed by atoms with Crippen LogP contribution in [0.3, 0.4) is 0 Å². The van der Waals surface area contributed by atoms with Gasteiger partial charge < -0.3 is 4.74 Å². The number of halogens is 2. The van der Waals surface area contributed by atoms with Crippen molar-refractivity contribution >= 4 is 46.3 Å². The lowest BCUT2D eigenvalue weighted by Crippen LogP contribution is -2.07. The van der Waals surface area contributed by atoms with E-state index in [0.29, 0.717) is 27.1 Å². The number of thiophene rings is 1. The van der Waals surface area contributed by atoms with Crippen LogP contribution in [0, 0.1) is 0 Å². The highest BCUT2D eigenvalue weighted by atomic mass is 35.5. The zero-order valence-corrected chi connectivity index (χ0v) is 16.8. The lowest BCUT2D eigenvalue weighted by Gasteiger charge is -2.04. The third-order valence-electron chi connectivity index (χ3n) is 3.87. The van der Waals surface area contributed by atoms with Gasteiger partial charge >= 0.3 is 5.97 Å². The zero-order chi connectivity index (χ0) is 19.4. The van der Waals surface area contributed by atoms with Gasteiger partial charge in [-0.05, 0) is 48.4 Å². The van der Waals surface area contributed by atoms with Crippen LogP contribution >= 0.6 is 34.5 Å². The largest absolute Gasteiger partial charge is 0.466 e. The Balaban J connectivity index is 2.01. The molecule has 6 heteroatoms. The predicted molar refractivity (Wildman–Crippen MR) is 110 cm³/mol. The molecule has 3 rings (SSSR count). The van der Waals surface area contributed by atoms with Crippen molar-refractivity contribution in [2.45, 2.75) is 13.3 Å². The normalized spacial score (nSPS) is 10.6. The van der Waals surface area contributed by atoms with Crippen LogP contribution in [0.1, 0.15) is 27.7 Å². The van der Waals surface area contributed by atoms with E-state index < -0.39 is 0 Å². The predicted octanol–water partition coefficient (Wildman–Crippen LogP) is 6.06. The summed E-state index contributed by atoms with van der Waals surface area (Å²) in [6.45, 7) is 2.08. The first-order valence-corrected chi connectivity index (χ1v) is 9.89. The van der Waals surface area contributed by atoms with Crippen molar-refractivity contribution in [1.29, 1.82) is 0 Å². The van der Waals surface area contributed by atoms with Gasteiger partial charge in [-0.2, -0.15) is 0 Å². The molecule has 0 saturated heterocycles. The zero-order valence-electron chi connectivity index (χ0n) is 14.5. The van der Waals surface area contributed by atoms with E-state index in [4.69, 9.17) is 27.9 Å². The minimum Gasteiger partial charge on any atom is -0.466 e. The second-order valence-electron chi connectivity index (χ2n) is 5.79. The molecule has 27 heavy (non-hydrogen) atoms. The number of ketones is 1. The molecule has 0 bridgehead atoms. The number of hydrogen-bond acceptors (Lipinski definition) is 4. The molecule has 0 radical (unpaired) electrons. The number of benzene rings is 2. The first-order valence-electron chi connectivity index (χ1n) is 8.32. The van der Waals surface area contributed by atoms with Gasteiger partial charge in [-0.1, -0.05) is 47.5 Å². The lowest BCUT2D eigenvalue weighted by atomic mass is 10.1. The van der Waals surface area contributed by atoms with Crippen molar-refractivity contribution in [2.75, 3.05) is 6.61 Å². The highest BCUT2D eigenvalue weighted by Crippen LogP contribution is 2.35. The Kier molecular flexibility index (Phi) is 6.32. The first-order chi connectivity index (χ1) is 13.0. The van der Waals surface area contributed by atoms with Crippen LogP contribution in [-0.4, -0.2) is 18.4 Å². The van der Waals surface area contributed by atoms with E-state index in [9.17, 15) is 9.59 Å². The van der Waals surface area contributed by atoms with Crippen molar-refractivity contribution in [1.82, 2.24) is 0 Å². The average molecular weight is 419 g/mol. The van der Waals surface area contributed by atoms with Gasteiger partial charge in [0.1, 0.15) is 0 Å². The summed E-state index contributed by atoms with van der Waals surface area (Å²) in [5.41, 5.74) is 2.16. The highest BCUT2D eigenvalue weighted by molar-refractivity contribution is 7.17. The summed E-state index contributed by atoms with van der Waals surface area (Å²) in [4.78, 5) is 26.3. The quantitative estimate of drug-likeness (QED) is 0.360. The number of ether oxygens (including phenoxy) is 1. The van der Waals surface area contributed by atoms with E-state index in [2.05, 4.69) is 0 Å². The maximum Gasteiger partial charge on any atom is 0.310 e. The Morgan fingerprint density at radius 1 is 1.00 bits per heavy atom. The Labute approximate surface area is 171 Å². The number of rotatable bonds is 6. The standard InChI is InChI=1S/C21H16Cl2O3S/c1-2-26-19(24)12-15-11-18(20(25)14-4-3-5-17(23)10-14)27-21(15)13-6-8-16(22)9-7-13/h3-11H,2,12H2,1H3. The Morgan fingerprint density at radius 3 is 2.41 bits per heavy atom. The van der Waals surface area contributed by atoms with Crippen molar-refractivity contribution in [3.05, 3.63) is 80.6 Å². The van der Waals surface area contributed by atoms with Crippen LogP contribution in [0.25, 0.3) is 10.4 Å². The molecule has 0 aliphatic heterocycles. The molecule has 1 aromatic heterocycles. The van der Waals surface area contributed by atoms with Gasteiger partial charge in [-0.3, -0.25) is 9.59 Å². The fraction of sp³-hybridized carbons (Fsp3) is 0.143. The highest BCUT2D eigenvalue weighted by Gasteiger charge is 2.19. The third kappa shape index (κ3) is 4.78. The summed E-state index contributed by atoms with van der Waals surface area (Å²) in [5, 5.41) is 1.12. The molecule has 2 aromatic carbocycles. The second-order valence-corrected chi connectivity index (χ2v) is 7.72. The molecular formula is C21H16Cl2O3S. The molecule has 0 amide bonds. The number of carbonyl (C=O) groups excluding carboxylic acids is 2. The van der Waals surface area contributed by atoms with Crippen LogP contribution in [0.2, 0.25) is 10.0 Å². The van der Waals surface area contributed by atoms with Crippen LogP contribution in [0.4, 0.5) is 0 Å². The van der Waals surface area contributed by atoms with Gasteiger partial charge in [-0.15, -0.1) is 11.3 Å². The van der Waals surface area contributed by atoms with Crippen molar-refractivity contribution in [3.63, 3.8) is 0 Å². The Hall–Kier alpha value is -2.14. The monoisotopic (exact) mass is 418 g/mol. The van der Waals surface area contributed by atoms with Gasteiger partial charge in [0.05, 0.1) is 17.9 Å². The van der Waals surface area contributed by atoms with E-state index >= 15 is 0 Å². The molecule has 0 aliphatic rings. The molecule has 0 unspecified atom stereocenters. The summed E-state index contributed by atoms with van der Waals surface area (Å²) in [5.74, 6) is -0.458. The molecule has 138 valence electrons. The molecule has 3 nitrogen and oxygen atoms in total. The fourth-order valence-corrected chi connectivity index (χ4v) is 4.12. The van der Waals surface area contributed by atoms with Crippen molar-refractivity contribution in [2.24, 2.45) is 0 Å². The lowest BCUT2D eigenvalue weighted by molar-refractivity contribution is -0.142. The van der Waals surface area contributed by atoms with Gasteiger partial charge in [0, 0.05) is 20.5 Å². The van der Waals surface area contributed by atoms with Crippen molar-refractivity contribution in [3.8, 4) is 10.4 Å². The molecule has 0 aliphatic carbocycles. The minimum absolute atomic E-state index is 0.102. The molecule has 0 atom stereocenters. The van der Waals surface area contributed by atoms with Crippen LogP contribution in [0.15, 0.2) is 54.6 Å². The molecular weight excluding hydrogens is 403 g/mol. The Bertz CT molecular complexity index is 977. The summed E-state index contributed by atoms with van der Waals surface area (Å²) >= 11 is 13.3. The molecule has 0 fully saturated rings. The van der Waals surface area contributed by atoms with Crippen molar-refractivity contribution < 1.29 is 14.3 Å². The van der Waals surface area contributed by atoms with Gasteiger partial charge in [0.15, 0.2) is 0 Å². The van der Waals surface area contributed by atoms with E-state index in [-0.39, 0.29) is 18.2 Å². The van der Waals surface area contributed by atoms with E-state index in [1.54, 1.807) is 49.4 Å². The SMILES string of the molecule is CCOC(=O)Cc1cc(C(=O)c2cccc(Cl)c2)sc1-c1ccc(Cl)cc1. The number of hydrogen-bond donors (Lipinski definition) is 0. The fourth-order valence-electron chi connectivity index (χ4n) is 2.66. The topological polar surface area (TPSA) is 43.4 Å². The summed E-state index contributed by atoms with van der Waals surface area (Å²) < 4.78 is 5.07.